The second kappa shape index (κ2) is 6.38. The number of hydrogen-bond acceptors (Lipinski definition) is 5. The second-order valence-corrected chi connectivity index (χ2v) is 4.99. The summed E-state index contributed by atoms with van der Waals surface area (Å²) in [6.07, 6.45) is 6.24. The molecule has 0 spiro atoms. The van der Waals surface area contributed by atoms with Gasteiger partial charge in [0, 0.05) is 6.54 Å². The van der Waals surface area contributed by atoms with Crippen molar-refractivity contribution in [1.29, 1.82) is 0 Å². The van der Waals surface area contributed by atoms with Crippen LogP contribution in [-0.4, -0.2) is 11.5 Å². The standard InChI is InChI=1S/C13H20N4O2/c14-16-12-8-4-7-11(13(12)17(18)19)15-9-10-5-2-1-3-6-10/h4,7-8,10,15-16H,1-3,5-6,9,14H2. The van der Waals surface area contributed by atoms with Gasteiger partial charge in [0.1, 0.15) is 11.4 Å². The molecule has 1 aromatic carbocycles. The molecule has 0 aliphatic heterocycles. The molecule has 1 aromatic rings. The van der Waals surface area contributed by atoms with E-state index < -0.39 is 4.92 Å². The van der Waals surface area contributed by atoms with Gasteiger partial charge in [0.05, 0.1) is 4.92 Å². The maximum atomic E-state index is 11.1. The van der Waals surface area contributed by atoms with Gasteiger partial charge in [-0.25, -0.2) is 0 Å². The Kier molecular flexibility index (Phi) is 4.57. The molecule has 1 aliphatic carbocycles. The normalized spacial score (nSPS) is 16.1. The van der Waals surface area contributed by atoms with E-state index in [1.807, 2.05) is 0 Å². The van der Waals surface area contributed by atoms with Crippen molar-refractivity contribution < 1.29 is 4.92 Å². The van der Waals surface area contributed by atoms with Crippen molar-refractivity contribution >= 4 is 17.1 Å². The summed E-state index contributed by atoms with van der Waals surface area (Å²) in [6.45, 7) is 0.787. The van der Waals surface area contributed by atoms with Gasteiger partial charge in [0.15, 0.2) is 0 Å². The van der Waals surface area contributed by atoms with Crippen molar-refractivity contribution in [3.63, 3.8) is 0 Å². The van der Waals surface area contributed by atoms with E-state index in [0.29, 0.717) is 17.3 Å². The monoisotopic (exact) mass is 264 g/mol. The molecule has 1 fully saturated rings. The van der Waals surface area contributed by atoms with Gasteiger partial charge >= 0.3 is 5.69 Å². The molecule has 1 aliphatic rings. The van der Waals surface area contributed by atoms with E-state index in [2.05, 4.69) is 10.7 Å². The number of rotatable bonds is 5. The lowest BCUT2D eigenvalue weighted by molar-refractivity contribution is -0.383. The van der Waals surface area contributed by atoms with E-state index in [0.717, 1.165) is 6.54 Å². The van der Waals surface area contributed by atoms with E-state index in [1.54, 1.807) is 18.2 Å². The Morgan fingerprint density at radius 2 is 1.95 bits per heavy atom. The quantitative estimate of drug-likeness (QED) is 0.432. The smallest absolute Gasteiger partial charge is 0.316 e. The number of nitrogens with two attached hydrogens (primary N) is 1. The van der Waals surface area contributed by atoms with Crippen LogP contribution in [0.3, 0.4) is 0 Å². The summed E-state index contributed by atoms with van der Waals surface area (Å²) in [5.41, 5.74) is 3.25. The number of nitro groups is 1. The lowest BCUT2D eigenvalue weighted by Crippen LogP contribution is -2.18. The Bertz CT molecular complexity index is 444. The lowest BCUT2D eigenvalue weighted by atomic mass is 9.89. The van der Waals surface area contributed by atoms with E-state index in [9.17, 15) is 10.1 Å². The van der Waals surface area contributed by atoms with Gasteiger partial charge in [-0.15, -0.1) is 0 Å². The van der Waals surface area contributed by atoms with Crippen molar-refractivity contribution in [1.82, 2.24) is 0 Å². The van der Waals surface area contributed by atoms with Crippen LogP contribution in [0.5, 0.6) is 0 Å². The first-order valence-electron chi connectivity index (χ1n) is 6.70. The molecule has 0 unspecified atom stereocenters. The summed E-state index contributed by atoms with van der Waals surface area (Å²) >= 11 is 0. The number of nitrogen functional groups attached to an aromatic ring is 1. The Balaban J connectivity index is 2.08. The van der Waals surface area contributed by atoms with E-state index in [1.165, 1.54) is 32.1 Å². The summed E-state index contributed by atoms with van der Waals surface area (Å²) in [5.74, 6) is 5.93. The van der Waals surface area contributed by atoms with Gasteiger partial charge in [-0.1, -0.05) is 25.3 Å². The van der Waals surface area contributed by atoms with Crippen LogP contribution in [0.25, 0.3) is 0 Å². The maximum absolute atomic E-state index is 11.1. The van der Waals surface area contributed by atoms with Crippen LogP contribution in [0.4, 0.5) is 17.1 Å². The third-order valence-corrected chi connectivity index (χ3v) is 3.68. The number of para-hydroxylation sites is 1. The minimum Gasteiger partial charge on any atom is -0.379 e. The molecule has 0 atom stereocenters. The van der Waals surface area contributed by atoms with E-state index in [-0.39, 0.29) is 5.69 Å². The van der Waals surface area contributed by atoms with Crippen LogP contribution in [-0.2, 0) is 0 Å². The van der Waals surface area contributed by atoms with Crippen LogP contribution in [0.15, 0.2) is 18.2 Å². The molecule has 0 bridgehead atoms. The molecular weight excluding hydrogens is 244 g/mol. The third-order valence-electron chi connectivity index (χ3n) is 3.68. The van der Waals surface area contributed by atoms with Gasteiger partial charge < -0.3 is 10.7 Å². The zero-order valence-corrected chi connectivity index (χ0v) is 10.9. The number of nitrogens with one attached hydrogen (secondary N) is 2. The van der Waals surface area contributed by atoms with Crippen LogP contribution in [0.2, 0.25) is 0 Å². The third kappa shape index (κ3) is 3.35. The Hall–Kier alpha value is -1.82. The number of hydrogen-bond donors (Lipinski definition) is 3. The average molecular weight is 264 g/mol. The first-order chi connectivity index (χ1) is 9.22. The van der Waals surface area contributed by atoms with E-state index in [4.69, 9.17) is 5.84 Å². The molecular formula is C13H20N4O2. The number of hydrazine groups is 1. The van der Waals surface area contributed by atoms with Gasteiger partial charge in [-0.2, -0.15) is 0 Å². The summed E-state index contributed by atoms with van der Waals surface area (Å²) < 4.78 is 0. The van der Waals surface area contributed by atoms with Crippen LogP contribution >= 0.6 is 0 Å². The molecule has 0 aromatic heterocycles. The largest absolute Gasteiger partial charge is 0.379 e. The Morgan fingerprint density at radius 1 is 1.26 bits per heavy atom. The van der Waals surface area contributed by atoms with Crippen LogP contribution < -0.4 is 16.6 Å². The van der Waals surface area contributed by atoms with Crippen LogP contribution in [0.1, 0.15) is 32.1 Å². The van der Waals surface area contributed by atoms with Gasteiger partial charge in [-0.3, -0.25) is 16.0 Å². The molecule has 6 heteroatoms. The molecule has 6 nitrogen and oxygen atoms in total. The lowest BCUT2D eigenvalue weighted by Gasteiger charge is -2.22. The Morgan fingerprint density at radius 3 is 2.58 bits per heavy atom. The highest BCUT2D eigenvalue weighted by molar-refractivity contribution is 5.75. The minimum absolute atomic E-state index is 0.0146. The van der Waals surface area contributed by atoms with Crippen molar-refractivity contribution in [2.45, 2.75) is 32.1 Å². The molecule has 0 amide bonds. The Labute approximate surface area is 112 Å². The SMILES string of the molecule is NNc1cccc(NCC2CCCCC2)c1[N+](=O)[O-]. The highest BCUT2D eigenvalue weighted by Crippen LogP contribution is 2.33. The van der Waals surface area contributed by atoms with Crippen molar-refractivity contribution in [2.24, 2.45) is 11.8 Å². The number of benzene rings is 1. The van der Waals surface area contributed by atoms with Gasteiger partial charge in [-0.05, 0) is 30.9 Å². The minimum atomic E-state index is -0.404. The first-order valence-corrected chi connectivity index (χ1v) is 6.70. The topological polar surface area (TPSA) is 93.2 Å². The predicted molar refractivity (Wildman–Crippen MR) is 76.0 cm³/mol. The van der Waals surface area contributed by atoms with Crippen molar-refractivity contribution in [3.05, 3.63) is 28.3 Å². The van der Waals surface area contributed by atoms with Crippen LogP contribution in [0, 0.1) is 16.0 Å². The van der Waals surface area contributed by atoms with Crippen molar-refractivity contribution in [2.75, 3.05) is 17.3 Å². The molecule has 0 heterocycles. The zero-order chi connectivity index (χ0) is 13.7. The van der Waals surface area contributed by atoms with Crippen molar-refractivity contribution in [3.8, 4) is 0 Å². The fourth-order valence-corrected chi connectivity index (χ4v) is 2.64. The number of nitrogens with zero attached hydrogens (tertiary/aromatic N) is 1. The highest BCUT2D eigenvalue weighted by Gasteiger charge is 2.20. The van der Waals surface area contributed by atoms with E-state index >= 15 is 0 Å². The predicted octanol–water partition coefficient (Wildman–Crippen LogP) is 2.87. The average Bonchev–Trinajstić information content (AvgIpc) is 2.45. The maximum Gasteiger partial charge on any atom is 0.316 e. The molecule has 0 saturated heterocycles. The number of anilines is 2. The fourth-order valence-electron chi connectivity index (χ4n) is 2.64. The molecule has 4 N–H and O–H groups in total. The first kappa shape index (κ1) is 13.6. The number of nitro benzene ring substituents is 1. The highest BCUT2D eigenvalue weighted by atomic mass is 16.6. The molecule has 104 valence electrons. The summed E-state index contributed by atoms with van der Waals surface area (Å²) in [5, 5.41) is 14.3. The molecule has 1 saturated carbocycles. The van der Waals surface area contributed by atoms with Gasteiger partial charge in [0.2, 0.25) is 0 Å². The molecule has 2 rings (SSSR count). The molecule has 0 radical (unpaired) electrons. The fraction of sp³-hybridized carbons (Fsp3) is 0.538. The van der Waals surface area contributed by atoms with Gasteiger partial charge in [0.25, 0.3) is 0 Å². The summed E-state index contributed by atoms with van der Waals surface area (Å²) in [4.78, 5) is 10.7. The zero-order valence-electron chi connectivity index (χ0n) is 10.9. The summed E-state index contributed by atoms with van der Waals surface area (Å²) in [7, 11) is 0. The molecule has 19 heavy (non-hydrogen) atoms. The summed E-state index contributed by atoms with van der Waals surface area (Å²) in [6, 6.07) is 5.08. The second-order valence-electron chi connectivity index (χ2n) is 4.99.